The van der Waals surface area contributed by atoms with Crippen LogP contribution in [0.25, 0.3) is 0 Å². The van der Waals surface area contributed by atoms with Crippen molar-refractivity contribution in [3.8, 4) is 0 Å². The Hall–Kier alpha value is -0.910. The number of nitrogens with zero attached hydrogens (tertiary/aromatic N) is 2. The number of nitrogens with one attached hydrogen (secondary N) is 1. The van der Waals surface area contributed by atoms with Gasteiger partial charge in [0.15, 0.2) is 0 Å². The molecule has 23 heavy (non-hydrogen) atoms. The minimum absolute atomic E-state index is 0.345. The molecule has 3 rings (SSSR count). The van der Waals surface area contributed by atoms with E-state index < -0.39 is 0 Å². The van der Waals surface area contributed by atoms with E-state index in [0.29, 0.717) is 24.1 Å². The van der Waals surface area contributed by atoms with Crippen LogP contribution in [0.1, 0.15) is 57.3 Å². The van der Waals surface area contributed by atoms with Crippen molar-refractivity contribution in [3.05, 3.63) is 18.2 Å². The van der Waals surface area contributed by atoms with Gasteiger partial charge < -0.3 is 19.4 Å². The maximum absolute atomic E-state index is 5.57. The summed E-state index contributed by atoms with van der Waals surface area (Å²) in [6, 6.07) is 0.925. The molecule has 1 N–H and O–H groups in total. The lowest BCUT2D eigenvalue weighted by atomic mass is 9.87. The summed E-state index contributed by atoms with van der Waals surface area (Å²) >= 11 is 0. The van der Waals surface area contributed by atoms with Gasteiger partial charge in [-0.05, 0) is 51.4 Å². The van der Waals surface area contributed by atoms with Crippen molar-refractivity contribution in [2.75, 3.05) is 20.3 Å². The smallest absolute Gasteiger partial charge is 0.126 e. The Bertz CT molecular complexity index is 463. The zero-order chi connectivity index (χ0) is 16.1. The van der Waals surface area contributed by atoms with Crippen LogP contribution in [0.5, 0.6) is 0 Å². The number of hydrogen-bond donors (Lipinski definition) is 1. The standard InChI is InChI=1S/C18H31N3O2/c1-3-21-11-10-19-18(21)17(14-8-12-23-13-9-14)20-15-4-6-16(22-2)7-5-15/h10-11,14-17,20H,3-9,12-13H2,1-2H3. The third kappa shape index (κ3) is 4.14. The van der Waals surface area contributed by atoms with E-state index >= 15 is 0 Å². The molecule has 0 spiro atoms. The summed E-state index contributed by atoms with van der Waals surface area (Å²) in [6.45, 7) is 4.93. The number of methoxy groups -OCH3 is 1. The molecule has 5 nitrogen and oxygen atoms in total. The fourth-order valence-electron chi connectivity index (χ4n) is 4.06. The van der Waals surface area contributed by atoms with E-state index in [1.165, 1.54) is 18.7 Å². The Balaban J connectivity index is 1.70. The molecule has 1 aliphatic heterocycles. The Morgan fingerprint density at radius 1 is 1.26 bits per heavy atom. The van der Waals surface area contributed by atoms with E-state index in [4.69, 9.17) is 14.5 Å². The first kappa shape index (κ1) is 16.9. The van der Waals surface area contributed by atoms with Crippen molar-refractivity contribution >= 4 is 0 Å². The molecule has 5 heteroatoms. The maximum Gasteiger partial charge on any atom is 0.126 e. The second-order valence-electron chi connectivity index (χ2n) is 6.87. The van der Waals surface area contributed by atoms with E-state index in [1.54, 1.807) is 0 Å². The quantitative estimate of drug-likeness (QED) is 0.875. The monoisotopic (exact) mass is 321 g/mol. The van der Waals surface area contributed by atoms with Gasteiger partial charge in [-0.3, -0.25) is 0 Å². The van der Waals surface area contributed by atoms with Crippen molar-refractivity contribution in [1.82, 2.24) is 14.9 Å². The summed E-state index contributed by atoms with van der Waals surface area (Å²) in [7, 11) is 1.83. The van der Waals surface area contributed by atoms with Crippen LogP contribution in [0.3, 0.4) is 0 Å². The van der Waals surface area contributed by atoms with E-state index in [0.717, 1.165) is 45.4 Å². The fourth-order valence-corrected chi connectivity index (χ4v) is 4.06. The second-order valence-corrected chi connectivity index (χ2v) is 6.87. The minimum atomic E-state index is 0.345. The van der Waals surface area contributed by atoms with Gasteiger partial charge in [0.2, 0.25) is 0 Å². The van der Waals surface area contributed by atoms with E-state index in [1.807, 2.05) is 13.3 Å². The molecule has 1 saturated heterocycles. The molecular formula is C18H31N3O2. The van der Waals surface area contributed by atoms with Crippen molar-refractivity contribution in [3.63, 3.8) is 0 Å². The highest BCUT2D eigenvalue weighted by Gasteiger charge is 2.31. The minimum Gasteiger partial charge on any atom is -0.381 e. The van der Waals surface area contributed by atoms with Crippen molar-refractivity contribution in [2.45, 2.75) is 70.2 Å². The Morgan fingerprint density at radius 3 is 2.65 bits per heavy atom. The third-order valence-corrected chi connectivity index (χ3v) is 5.53. The van der Waals surface area contributed by atoms with E-state index in [2.05, 4.69) is 23.0 Å². The molecule has 2 heterocycles. The number of imidazole rings is 1. The van der Waals surface area contributed by atoms with Gasteiger partial charge >= 0.3 is 0 Å². The maximum atomic E-state index is 5.57. The van der Waals surface area contributed by atoms with E-state index in [9.17, 15) is 0 Å². The molecule has 1 atom stereocenters. The molecule has 1 unspecified atom stereocenters. The lowest BCUT2D eigenvalue weighted by Crippen LogP contribution is -2.42. The van der Waals surface area contributed by atoms with Crippen molar-refractivity contribution in [1.29, 1.82) is 0 Å². The van der Waals surface area contributed by atoms with Crippen LogP contribution >= 0.6 is 0 Å². The summed E-state index contributed by atoms with van der Waals surface area (Å²) in [6.07, 6.45) is 11.5. The van der Waals surface area contributed by atoms with Crippen LogP contribution in [0.15, 0.2) is 12.4 Å². The number of hydrogen-bond acceptors (Lipinski definition) is 4. The molecule has 0 radical (unpaired) electrons. The average molecular weight is 321 g/mol. The molecule has 1 aromatic heterocycles. The number of aryl methyl sites for hydroxylation is 1. The first-order chi connectivity index (χ1) is 11.3. The molecule has 0 amide bonds. The first-order valence-corrected chi connectivity index (χ1v) is 9.19. The topological polar surface area (TPSA) is 48.3 Å². The van der Waals surface area contributed by atoms with Crippen molar-refractivity contribution in [2.24, 2.45) is 5.92 Å². The second kappa shape index (κ2) is 8.27. The Kier molecular flexibility index (Phi) is 6.08. The zero-order valence-electron chi connectivity index (χ0n) is 14.5. The van der Waals surface area contributed by atoms with Gasteiger partial charge in [-0.15, -0.1) is 0 Å². The summed E-state index contributed by atoms with van der Waals surface area (Å²) in [5, 5.41) is 3.95. The van der Waals surface area contributed by atoms with Gasteiger partial charge in [-0.2, -0.15) is 0 Å². The van der Waals surface area contributed by atoms with Gasteiger partial charge in [0, 0.05) is 45.3 Å². The lowest BCUT2D eigenvalue weighted by molar-refractivity contribution is 0.0406. The number of ether oxygens (including phenoxy) is 2. The predicted molar refractivity (Wildman–Crippen MR) is 90.4 cm³/mol. The van der Waals surface area contributed by atoms with Crippen LogP contribution in [0.4, 0.5) is 0 Å². The first-order valence-electron chi connectivity index (χ1n) is 9.19. The van der Waals surface area contributed by atoms with Gasteiger partial charge in [-0.1, -0.05) is 0 Å². The molecule has 0 aromatic carbocycles. The van der Waals surface area contributed by atoms with Gasteiger partial charge in [-0.25, -0.2) is 4.98 Å². The Morgan fingerprint density at radius 2 is 2.00 bits per heavy atom. The predicted octanol–water partition coefficient (Wildman–Crippen LogP) is 2.92. The Labute approximate surface area is 139 Å². The van der Waals surface area contributed by atoms with Crippen LogP contribution in [-0.2, 0) is 16.0 Å². The highest BCUT2D eigenvalue weighted by Crippen LogP contribution is 2.32. The fraction of sp³-hybridized carbons (Fsp3) is 0.833. The van der Waals surface area contributed by atoms with Gasteiger partial charge in [0.25, 0.3) is 0 Å². The number of rotatable bonds is 6. The zero-order valence-corrected chi connectivity index (χ0v) is 14.5. The number of aromatic nitrogens is 2. The third-order valence-electron chi connectivity index (χ3n) is 5.53. The largest absolute Gasteiger partial charge is 0.381 e. The molecular weight excluding hydrogens is 290 g/mol. The molecule has 2 fully saturated rings. The van der Waals surface area contributed by atoms with E-state index in [-0.39, 0.29) is 0 Å². The SMILES string of the molecule is CCn1ccnc1C(NC1CCC(OC)CC1)C1CCOCC1. The summed E-state index contributed by atoms with van der Waals surface area (Å²) < 4.78 is 13.4. The molecule has 2 aliphatic rings. The van der Waals surface area contributed by atoms with Crippen LogP contribution in [-0.4, -0.2) is 42.0 Å². The summed E-state index contributed by atoms with van der Waals surface area (Å²) in [5.41, 5.74) is 0. The molecule has 1 aliphatic carbocycles. The normalized spacial score (nSPS) is 27.9. The summed E-state index contributed by atoms with van der Waals surface area (Å²) in [5.74, 6) is 1.82. The van der Waals surface area contributed by atoms with Crippen LogP contribution in [0, 0.1) is 5.92 Å². The lowest BCUT2D eigenvalue weighted by Gasteiger charge is -2.36. The highest BCUT2D eigenvalue weighted by atomic mass is 16.5. The van der Waals surface area contributed by atoms with Crippen LogP contribution in [0.2, 0.25) is 0 Å². The molecule has 0 bridgehead atoms. The van der Waals surface area contributed by atoms with Gasteiger partial charge in [0.05, 0.1) is 12.1 Å². The van der Waals surface area contributed by atoms with Gasteiger partial charge in [0.1, 0.15) is 5.82 Å². The van der Waals surface area contributed by atoms with Crippen molar-refractivity contribution < 1.29 is 9.47 Å². The molecule has 130 valence electrons. The molecule has 1 aromatic rings. The highest BCUT2D eigenvalue weighted by molar-refractivity contribution is 5.03. The summed E-state index contributed by atoms with van der Waals surface area (Å²) in [4.78, 5) is 4.69. The van der Waals surface area contributed by atoms with Crippen LogP contribution < -0.4 is 5.32 Å². The average Bonchev–Trinajstić information content (AvgIpc) is 3.09. The molecule has 1 saturated carbocycles.